The summed E-state index contributed by atoms with van der Waals surface area (Å²) in [6.07, 6.45) is 1.32. The molecule has 5 nitrogen and oxygen atoms in total. The first kappa shape index (κ1) is 12.7. The molecule has 0 radical (unpaired) electrons. The van der Waals surface area contributed by atoms with Crippen LogP contribution in [0.3, 0.4) is 0 Å². The molecule has 0 amide bonds. The van der Waals surface area contributed by atoms with Gasteiger partial charge in [-0.25, -0.2) is 0 Å². The van der Waals surface area contributed by atoms with Crippen LogP contribution < -0.4 is 4.74 Å². The first-order chi connectivity index (χ1) is 8.58. The zero-order chi connectivity index (χ0) is 13.1. The molecule has 0 aliphatic rings. The van der Waals surface area contributed by atoms with Crippen molar-refractivity contribution in [1.82, 2.24) is 9.94 Å². The normalized spacial score (nSPS) is 10.3. The number of rotatable bonds is 4. The minimum atomic E-state index is -0.608. The van der Waals surface area contributed by atoms with E-state index in [1.807, 2.05) is 0 Å². The molecular formula is C11H8Cl2N2O3. The Hall–Kier alpha value is -1.72. The van der Waals surface area contributed by atoms with Crippen molar-refractivity contribution in [2.24, 2.45) is 0 Å². The predicted molar refractivity (Wildman–Crippen MR) is 65.4 cm³/mol. The highest BCUT2D eigenvalue weighted by Crippen LogP contribution is 2.23. The number of carbonyl (C=O) groups excluding carboxylic acids is 1. The summed E-state index contributed by atoms with van der Waals surface area (Å²) in [6.45, 7) is 0.0322. The first-order valence-corrected chi connectivity index (χ1v) is 5.68. The van der Waals surface area contributed by atoms with Crippen LogP contribution in [0.15, 0.2) is 30.5 Å². The van der Waals surface area contributed by atoms with Crippen molar-refractivity contribution in [3.8, 4) is 5.88 Å². The summed E-state index contributed by atoms with van der Waals surface area (Å²) in [7, 11) is 0. The first-order valence-electron chi connectivity index (χ1n) is 4.93. The monoisotopic (exact) mass is 286 g/mol. The Morgan fingerprint density at radius 3 is 2.83 bits per heavy atom. The molecule has 7 heteroatoms. The van der Waals surface area contributed by atoms with Crippen LogP contribution in [0.25, 0.3) is 0 Å². The number of aromatic nitrogens is 2. The van der Waals surface area contributed by atoms with Gasteiger partial charge in [-0.05, 0) is 23.7 Å². The maximum atomic E-state index is 11.2. The molecule has 0 saturated carbocycles. The quantitative estimate of drug-likeness (QED) is 0.693. The largest absolute Gasteiger partial charge is 0.472 e. The van der Waals surface area contributed by atoms with Gasteiger partial charge in [0.15, 0.2) is 0 Å². The zero-order valence-corrected chi connectivity index (χ0v) is 10.5. The number of ether oxygens (including phenoxy) is 1. The Labute approximate surface area is 112 Å². The van der Waals surface area contributed by atoms with Crippen molar-refractivity contribution in [2.75, 3.05) is 0 Å². The molecule has 0 unspecified atom stereocenters. The highest BCUT2D eigenvalue weighted by atomic mass is 35.5. The fourth-order valence-electron chi connectivity index (χ4n) is 1.41. The minimum Gasteiger partial charge on any atom is -0.472 e. The van der Waals surface area contributed by atoms with Gasteiger partial charge in [0.25, 0.3) is 5.24 Å². The van der Waals surface area contributed by atoms with Gasteiger partial charge in [0.05, 0.1) is 6.20 Å². The Morgan fingerprint density at radius 1 is 1.44 bits per heavy atom. The van der Waals surface area contributed by atoms with Gasteiger partial charge in [-0.2, -0.15) is 0 Å². The summed E-state index contributed by atoms with van der Waals surface area (Å²) in [4.78, 5) is 11.8. The van der Waals surface area contributed by atoms with Crippen molar-refractivity contribution in [1.29, 1.82) is 0 Å². The van der Waals surface area contributed by atoms with E-state index in [4.69, 9.17) is 33.1 Å². The maximum Gasteiger partial charge on any atom is 0.252 e. The molecule has 1 aromatic carbocycles. The van der Waals surface area contributed by atoms with Crippen molar-refractivity contribution < 1.29 is 14.7 Å². The van der Waals surface area contributed by atoms with E-state index >= 15 is 0 Å². The van der Waals surface area contributed by atoms with Crippen LogP contribution in [-0.4, -0.2) is 20.4 Å². The number of hydrogen-bond acceptors (Lipinski definition) is 4. The molecule has 2 aromatic rings. The molecule has 0 saturated heterocycles. The molecule has 2 rings (SSSR count). The van der Waals surface area contributed by atoms with E-state index in [1.54, 1.807) is 18.2 Å². The fraction of sp³-hybridized carbons (Fsp3) is 0.0909. The van der Waals surface area contributed by atoms with Crippen molar-refractivity contribution in [3.63, 3.8) is 0 Å². The Balaban J connectivity index is 2.20. The highest BCUT2D eigenvalue weighted by molar-refractivity contribution is 6.68. The molecule has 94 valence electrons. The number of benzene rings is 1. The second kappa shape index (κ2) is 5.29. The van der Waals surface area contributed by atoms with Crippen molar-refractivity contribution >= 4 is 28.4 Å². The molecule has 0 aliphatic carbocycles. The number of halogens is 2. The summed E-state index contributed by atoms with van der Waals surface area (Å²) in [5.74, 6) is 0.213. The molecule has 1 N–H and O–H groups in total. The molecule has 0 bridgehead atoms. The van der Waals surface area contributed by atoms with E-state index in [0.717, 1.165) is 0 Å². The van der Waals surface area contributed by atoms with E-state index in [9.17, 15) is 4.79 Å². The lowest BCUT2D eigenvalue weighted by atomic mass is 10.1. The average molecular weight is 287 g/mol. The third kappa shape index (κ3) is 2.75. The van der Waals surface area contributed by atoms with Crippen LogP contribution in [0.1, 0.15) is 15.9 Å². The van der Waals surface area contributed by atoms with Crippen LogP contribution in [-0.2, 0) is 6.61 Å². The van der Waals surface area contributed by atoms with Crippen molar-refractivity contribution in [3.05, 3.63) is 46.6 Å². The van der Waals surface area contributed by atoms with Gasteiger partial charge in [0.1, 0.15) is 6.61 Å². The molecule has 0 aliphatic heterocycles. The third-order valence-corrected chi connectivity index (χ3v) is 2.80. The summed E-state index contributed by atoms with van der Waals surface area (Å²) in [5, 5.41) is 12.4. The topological polar surface area (TPSA) is 64.3 Å². The average Bonchev–Trinajstić information content (AvgIpc) is 2.73. The van der Waals surface area contributed by atoms with Gasteiger partial charge in [-0.15, -0.1) is 4.85 Å². The van der Waals surface area contributed by atoms with Crippen LogP contribution in [0.2, 0.25) is 5.02 Å². The predicted octanol–water partition coefficient (Wildman–Crippen LogP) is 2.73. The van der Waals surface area contributed by atoms with Gasteiger partial charge in [0, 0.05) is 22.2 Å². The molecule has 1 aromatic heterocycles. The number of hydrogen-bond donors (Lipinski definition) is 1. The summed E-state index contributed by atoms with van der Waals surface area (Å²) < 4.78 is 5.30. The van der Waals surface area contributed by atoms with Crippen LogP contribution >= 0.6 is 23.2 Å². The summed E-state index contributed by atoms with van der Waals surface area (Å²) in [6, 6.07) is 6.29. The Kier molecular flexibility index (Phi) is 3.74. The second-order valence-corrected chi connectivity index (χ2v) is 4.15. The number of carbonyl (C=O) groups is 1. The molecular weight excluding hydrogens is 279 g/mol. The minimum absolute atomic E-state index is 0.0322. The van der Waals surface area contributed by atoms with E-state index in [2.05, 4.69) is 5.10 Å². The van der Waals surface area contributed by atoms with Crippen molar-refractivity contribution in [2.45, 2.75) is 6.61 Å². The SMILES string of the molecule is O=C(Cl)c1cccc(Cl)c1COc1ccn(O)n1. The number of nitrogens with zero attached hydrogens (tertiary/aromatic N) is 2. The van der Waals surface area contributed by atoms with E-state index in [-0.39, 0.29) is 18.1 Å². The van der Waals surface area contributed by atoms with Crippen LogP contribution in [0, 0.1) is 0 Å². The van der Waals surface area contributed by atoms with Crippen LogP contribution in [0.5, 0.6) is 5.88 Å². The van der Waals surface area contributed by atoms with E-state index in [0.29, 0.717) is 15.4 Å². The summed E-state index contributed by atoms with van der Waals surface area (Å²) >= 11 is 11.4. The molecule has 0 spiro atoms. The van der Waals surface area contributed by atoms with Gasteiger partial charge >= 0.3 is 0 Å². The molecule has 0 fully saturated rings. The van der Waals surface area contributed by atoms with Gasteiger partial charge in [-0.3, -0.25) is 4.79 Å². The lowest BCUT2D eigenvalue weighted by Gasteiger charge is -2.08. The van der Waals surface area contributed by atoms with E-state index in [1.165, 1.54) is 12.3 Å². The fourth-order valence-corrected chi connectivity index (χ4v) is 1.82. The Bertz CT molecular complexity index is 583. The maximum absolute atomic E-state index is 11.2. The van der Waals surface area contributed by atoms with Gasteiger partial charge in [0.2, 0.25) is 5.88 Å². The van der Waals surface area contributed by atoms with Gasteiger partial charge in [-0.1, -0.05) is 22.8 Å². The highest BCUT2D eigenvalue weighted by Gasteiger charge is 2.13. The lowest BCUT2D eigenvalue weighted by molar-refractivity contribution is 0.107. The zero-order valence-electron chi connectivity index (χ0n) is 9.01. The third-order valence-electron chi connectivity index (χ3n) is 2.25. The Morgan fingerprint density at radius 2 is 2.22 bits per heavy atom. The lowest BCUT2D eigenvalue weighted by Crippen LogP contribution is -2.04. The van der Waals surface area contributed by atoms with Gasteiger partial charge < -0.3 is 9.94 Å². The van der Waals surface area contributed by atoms with E-state index < -0.39 is 5.24 Å². The smallest absolute Gasteiger partial charge is 0.252 e. The molecule has 0 atom stereocenters. The summed E-state index contributed by atoms with van der Waals surface area (Å²) in [5.41, 5.74) is 0.763. The molecule has 18 heavy (non-hydrogen) atoms. The molecule has 1 heterocycles. The van der Waals surface area contributed by atoms with Crippen LogP contribution in [0.4, 0.5) is 0 Å². The standard InChI is InChI=1S/C11H8Cl2N2O3/c12-9-3-1-2-7(11(13)16)8(9)6-18-10-4-5-15(17)14-10/h1-5,17H,6H2. The second-order valence-electron chi connectivity index (χ2n) is 3.40.